The molecular formula is C21H28FIN4O. The van der Waals surface area contributed by atoms with Crippen LogP contribution < -0.4 is 16.0 Å². The summed E-state index contributed by atoms with van der Waals surface area (Å²) in [5.74, 6) is 0.278. The van der Waals surface area contributed by atoms with Crippen LogP contribution in [0.5, 0.6) is 0 Å². The fourth-order valence-electron chi connectivity index (χ4n) is 2.48. The van der Waals surface area contributed by atoms with E-state index in [-0.39, 0.29) is 35.7 Å². The quantitative estimate of drug-likeness (QED) is 0.295. The third-order valence-corrected chi connectivity index (χ3v) is 3.89. The summed E-state index contributed by atoms with van der Waals surface area (Å²) in [5, 5.41) is 9.15. The second kappa shape index (κ2) is 13.1. The number of aliphatic imine (C=N–C) groups is 1. The lowest BCUT2D eigenvalue weighted by Gasteiger charge is -2.12. The molecule has 0 spiro atoms. The number of benzene rings is 2. The highest BCUT2D eigenvalue weighted by Gasteiger charge is 2.06. The third-order valence-electron chi connectivity index (χ3n) is 3.89. The number of halogens is 2. The van der Waals surface area contributed by atoms with E-state index in [0.717, 1.165) is 12.0 Å². The van der Waals surface area contributed by atoms with E-state index < -0.39 is 0 Å². The van der Waals surface area contributed by atoms with Gasteiger partial charge in [0.1, 0.15) is 5.82 Å². The molecule has 0 heterocycles. The number of hydrogen-bond donors (Lipinski definition) is 3. The van der Waals surface area contributed by atoms with Crippen LogP contribution in [0.2, 0.25) is 0 Å². The van der Waals surface area contributed by atoms with Crippen molar-refractivity contribution in [1.29, 1.82) is 0 Å². The Balaban J connectivity index is 0.00000392. The highest BCUT2D eigenvalue weighted by atomic mass is 127. The Morgan fingerprint density at radius 1 is 1.04 bits per heavy atom. The maximum absolute atomic E-state index is 13.7. The van der Waals surface area contributed by atoms with Gasteiger partial charge in [-0.05, 0) is 37.1 Å². The van der Waals surface area contributed by atoms with Crippen molar-refractivity contribution >= 4 is 35.8 Å². The molecule has 2 aromatic rings. The maximum atomic E-state index is 13.7. The van der Waals surface area contributed by atoms with Crippen LogP contribution in [0, 0.1) is 5.82 Å². The first-order valence-electron chi connectivity index (χ1n) is 9.26. The molecule has 0 aliphatic carbocycles. The lowest BCUT2D eigenvalue weighted by Crippen LogP contribution is -2.37. The second-order valence-electron chi connectivity index (χ2n) is 6.10. The maximum Gasteiger partial charge on any atom is 0.251 e. The molecule has 2 aromatic carbocycles. The largest absolute Gasteiger partial charge is 0.357 e. The summed E-state index contributed by atoms with van der Waals surface area (Å²) in [6, 6.07) is 14.1. The normalized spacial score (nSPS) is 10.8. The van der Waals surface area contributed by atoms with Crippen LogP contribution in [0.25, 0.3) is 0 Å². The summed E-state index contributed by atoms with van der Waals surface area (Å²) in [5.41, 5.74) is 2.14. The Bertz CT molecular complexity index is 783. The molecule has 0 atom stereocenters. The number of hydrogen-bond acceptors (Lipinski definition) is 2. The van der Waals surface area contributed by atoms with Gasteiger partial charge >= 0.3 is 0 Å². The van der Waals surface area contributed by atoms with Crippen molar-refractivity contribution < 1.29 is 9.18 Å². The Morgan fingerprint density at radius 2 is 1.82 bits per heavy atom. The molecule has 0 aliphatic heterocycles. The number of carbonyl (C=O) groups excluding carboxylic acids is 1. The highest BCUT2D eigenvalue weighted by molar-refractivity contribution is 14.0. The molecule has 0 unspecified atom stereocenters. The van der Waals surface area contributed by atoms with E-state index in [1.807, 2.05) is 32.0 Å². The molecule has 0 fully saturated rings. The van der Waals surface area contributed by atoms with Gasteiger partial charge in [-0.3, -0.25) is 4.79 Å². The summed E-state index contributed by atoms with van der Waals surface area (Å²) in [6.07, 6.45) is 0.898. The van der Waals surface area contributed by atoms with E-state index >= 15 is 0 Å². The standard InChI is InChI=1S/C21H27FN4O.HI/c1-3-12-24-20(27)17-10-7-8-16(13-17)14-25-21(23-4-2)26-15-18-9-5-6-11-19(18)22;/h5-11,13H,3-4,12,14-15H2,1-2H3,(H,24,27)(H2,23,25,26);1H. The van der Waals surface area contributed by atoms with E-state index in [9.17, 15) is 9.18 Å². The number of guanidine groups is 1. The van der Waals surface area contributed by atoms with Crippen LogP contribution in [-0.4, -0.2) is 25.0 Å². The molecule has 0 saturated heterocycles. The lowest BCUT2D eigenvalue weighted by molar-refractivity contribution is 0.0953. The molecule has 3 N–H and O–H groups in total. The Hall–Kier alpha value is -2.16. The molecule has 7 heteroatoms. The van der Waals surface area contributed by atoms with Crippen LogP contribution in [0.1, 0.15) is 41.8 Å². The highest BCUT2D eigenvalue weighted by Crippen LogP contribution is 2.08. The Kier molecular flexibility index (Phi) is 11.2. The molecule has 5 nitrogen and oxygen atoms in total. The molecule has 0 aromatic heterocycles. The van der Waals surface area contributed by atoms with Gasteiger partial charge in [-0.15, -0.1) is 24.0 Å². The van der Waals surface area contributed by atoms with Crippen LogP contribution in [0.3, 0.4) is 0 Å². The van der Waals surface area contributed by atoms with Crippen molar-refractivity contribution in [2.75, 3.05) is 13.1 Å². The molecule has 1 amide bonds. The van der Waals surface area contributed by atoms with Gasteiger partial charge in [0.15, 0.2) is 5.96 Å². The van der Waals surface area contributed by atoms with E-state index in [1.54, 1.807) is 24.3 Å². The van der Waals surface area contributed by atoms with Gasteiger partial charge in [-0.2, -0.15) is 0 Å². The van der Waals surface area contributed by atoms with E-state index in [4.69, 9.17) is 0 Å². The number of amides is 1. The number of nitrogens with zero attached hydrogens (tertiary/aromatic N) is 1. The van der Waals surface area contributed by atoms with Gasteiger partial charge in [0, 0.05) is 30.8 Å². The van der Waals surface area contributed by atoms with Crippen molar-refractivity contribution in [3.05, 3.63) is 71.0 Å². The molecule has 28 heavy (non-hydrogen) atoms. The Labute approximate surface area is 183 Å². The van der Waals surface area contributed by atoms with Crippen LogP contribution in [0.15, 0.2) is 53.5 Å². The smallest absolute Gasteiger partial charge is 0.251 e. The third kappa shape index (κ3) is 7.84. The van der Waals surface area contributed by atoms with Crippen molar-refractivity contribution in [1.82, 2.24) is 16.0 Å². The van der Waals surface area contributed by atoms with Crippen LogP contribution in [0.4, 0.5) is 4.39 Å². The second-order valence-corrected chi connectivity index (χ2v) is 6.10. The Morgan fingerprint density at radius 3 is 2.54 bits per heavy atom. The summed E-state index contributed by atoms with van der Waals surface area (Å²) < 4.78 is 13.7. The van der Waals surface area contributed by atoms with Gasteiger partial charge in [-0.1, -0.05) is 37.3 Å². The van der Waals surface area contributed by atoms with E-state index in [2.05, 4.69) is 20.9 Å². The minimum atomic E-state index is -0.244. The summed E-state index contributed by atoms with van der Waals surface area (Å²) in [6.45, 7) is 6.11. The fraction of sp³-hybridized carbons (Fsp3) is 0.333. The molecular weight excluding hydrogens is 470 g/mol. The predicted octanol–water partition coefficient (Wildman–Crippen LogP) is 3.84. The topological polar surface area (TPSA) is 65.5 Å². The zero-order valence-electron chi connectivity index (χ0n) is 16.3. The van der Waals surface area contributed by atoms with E-state index in [0.29, 0.717) is 43.3 Å². The lowest BCUT2D eigenvalue weighted by atomic mass is 10.1. The van der Waals surface area contributed by atoms with Crippen LogP contribution >= 0.6 is 24.0 Å². The molecule has 0 bridgehead atoms. The summed E-state index contributed by atoms with van der Waals surface area (Å²) >= 11 is 0. The molecule has 0 aliphatic rings. The average Bonchev–Trinajstić information content (AvgIpc) is 2.69. The van der Waals surface area contributed by atoms with Gasteiger partial charge in [-0.25, -0.2) is 9.38 Å². The first kappa shape index (κ1) is 23.9. The number of carbonyl (C=O) groups is 1. The van der Waals surface area contributed by atoms with Crippen molar-refractivity contribution in [2.45, 2.75) is 33.4 Å². The fourth-order valence-corrected chi connectivity index (χ4v) is 2.48. The van der Waals surface area contributed by atoms with Gasteiger partial charge < -0.3 is 16.0 Å². The van der Waals surface area contributed by atoms with Crippen molar-refractivity contribution in [2.24, 2.45) is 4.99 Å². The van der Waals surface area contributed by atoms with Gasteiger partial charge in [0.05, 0.1) is 6.54 Å². The average molecular weight is 498 g/mol. The van der Waals surface area contributed by atoms with Crippen molar-refractivity contribution in [3.63, 3.8) is 0 Å². The van der Waals surface area contributed by atoms with Crippen molar-refractivity contribution in [3.8, 4) is 0 Å². The number of nitrogens with one attached hydrogen (secondary N) is 3. The van der Waals surface area contributed by atoms with E-state index in [1.165, 1.54) is 6.07 Å². The van der Waals surface area contributed by atoms with Gasteiger partial charge in [0.2, 0.25) is 0 Å². The summed E-state index contributed by atoms with van der Waals surface area (Å²) in [4.78, 5) is 16.6. The first-order chi connectivity index (χ1) is 13.1. The minimum Gasteiger partial charge on any atom is -0.357 e. The SMILES string of the molecule is CCCNC(=O)c1cccc(CN=C(NCC)NCc2ccccc2F)c1.I. The zero-order chi connectivity index (χ0) is 19.5. The predicted molar refractivity (Wildman–Crippen MR) is 123 cm³/mol. The molecule has 0 radical (unpaired) electrons. The minimum absolute atomic E-state index is 0. The van der Waals surface area contributed by atoms with Crippen LogP contribution in [-0.2, 0) is 13.1 Å². The zero-order valence-corrected chi connectivity index (χ0v) is 18.6. The monoisotopic (exact) mass is 498 g/mol. The molecule has 152 valence electrons. The first-order valence-corrected chi connectivity index (χ1v) is 9.26. The molecule has 0 saturated carbocycles. The molecule has 2 rings (SSSR count). The summed E-state index contributed by atoms with van der Waals surface area (Å²) in [7, 11) is 0. The number of rotatable bonds is 8. The van der Waals surface area contributed by atoms with Gasteiger partial charge in [0.25, 0.3) is 5.91 Å².